The van der Waals surface area contributed by atoms with E-state index in [0.717, 1.165) is 6.29 Å². The number of carbonyl (C=O) groups is 2. The molecule has 0 aromatic rings. The fourth-order valence-electron chi connectivity index (χ4n) is 0.429. The lowest BCUT2D eigenvalue weighted by Crippen LogP contribution is -2.26. The molecule has 1 unspecified atom stereocenters. The molecule has 3 nitrogen and oxygen atoms in total. The Morgan fingerprint density at radius 1 is 1.78 bits per heavy atom. The highest BCUT2D eigenvalue weighted by Crippen LogP contribution is 1.89. The van der Waals surface area contributed by atoms with E-state index in [1.54, 1.807) is 6.92 Å². The molecular weight excluding hydrogens is 118 g/mol. The van der Waals surface area contributed by atoms with Crippen LogP contribution in [0.4, 0.5) is 0 Å². The monoisotopic (exact) mass is 129 g/mol. The van der Waals surface area contributed by atoms with Gasteiger partial charge in [-0.1, -0.05) is 0 Å². The molecule has 0 aliphatic rings. The lowest BCUT2D eigenvalue weighted by atomic mass is 10.1. The van der Waals surface area contributed by atoms with Crippen LogP contribution in [0.5, 0.6) is 0 Å². The van der Waals surface area contributed by atoms with Crippen LogP contribution in [-0.2, 0) is 9.59 Å². The zero-order valence-corrected chi connectivity index (χ0v) is 5.46. The van der Waals surface area contributed by atoms with Crippen molar-refractivity contribution in [2.75, 3.05) is 0 Å². The molecule has 0 amide bonds. The maximum atomic E-state index is 10.6. The molecular formula is C6H11NO2. The Kier molecular flexibility index (Phi) is 3.88. The number of carbonyl (C=O) groups excluding carboxylic acids is 2. The smallest absolute Gasteiger partial charge is 0.149 e. The van der Waals surface area contributed by atoms with Crippen molar-refractivity contribution in [3.63, 3.8) is 0 Å². The third-order valence-electron chi connectivity index (χ3n) is 1.02. The van der Waals surface area contributed by atoms with Gasteiger partial charge in [-0.2, -0.15) is 0 Å². The Morgan fingerprint density at radius 2 is 2.33 bits per heavy atom. The Labute approximate surface area is 54.2 Å². The summed E-state index contributed by atoms with van der Waals surface area (Å²) in [5, 5.41) is 0. The van der Waals surface area contributed by atoms with Gasteiger partial charge in [0.2, 0.25) is 0 Å². The molecule has 0 aliphatic heterocycles. The van der Waals surface area contributed by atoms with Crippen molar-refractivity contribution in [2.45, 2.75) is 25.8 Å². The Bertz CT molecular complexity index is 110. The number of rotatable bonds is 4. The summed E-state index contributed by atoms with van der Waals surface area (Å²) >= 11 is 0. The van der Waals surface area contributed by atoms with E-state index in [2.05, 4.69) is 0 Å². The van der Waals surface area contributed by atoms with E-state index in [4.69, 9.17) is 5.73 Å². The minimum absolute atomic E-state index is 0.0536. The first-order valence-corrected chi connectivity index (χ1v) is 2.90. The molecule has 2 N–H and O–H groups in total. The molecule has 0 spiro atoms. The van der Waals surface area contributed by atoms with E-state index in [0.29, 0.717) is 6.42 Å². The van der Waals surface area contributed by atoms with Gasteiger partial charge in [0.15, 0.2) is 0 Å². The van der Waals surface area contributed by atoms with E-state index in [9.17, 15) is 9.59 Å². The third-order valence-corrected chi connectivity index (χ3v) is 1.02. The van der Waals surface area contributed by atoms with Gasteiger partial charge in [0, 0.05) is 12.8 Å². The van der Waals surface area contributed by atoms with Crippen LogP contribution in [0, 0.1) is 0 Å². The normalized spacial score (nSPS) is 12.7. The summed E-state index contributed by atoms with van der Waals surface area (Å²) in [5.41, 5.74) is 5.21. The van der Waals surface area contributed by atoms with Crippen molar-refractivity contribution in [2.24, 2.45) is 5.73 Å². The van der Waals surface area contributed by atoms with Gasteiger partial charge < -0.3 is 10.5 Å². The van der Waals surface area contributed by atoms with Crippen molar-refractivity contribution in [3.05, 3.63) is 0 Å². The fraction of sp³-hybridized carbons (Fsp3) is 0.667. The van der Waals surface area contributed by atoms with Crippen molar-refractivity contribution < 1.29 is 9.59 Å². The summed E-state index contributed by atoms with van der Waals surface area (Å²) < 4.78 is 0. The van der Waals surface area contributed by atoms with E-state index < -0.39 is 6.04 Å². The second kappa shape index (κ2) is 4.21. The van der Waals surface area contributed by atoms with E-state index >= 15 is 0 Å². The first kappa shape index (κ1) is 8.30. The Balaban J connectivity index is 3.38. The zero-order valence-electron chi connectivity index (χ0n) is 5.46. The SMILES string of the molecule is CC(N)C(=O)CCC=O. The average molecular weight is 129 g/mol. The number of hydrogen-bond acceptors (Lipinski definition) is 3. The minimum atomic E-state index is -0.426. The summed E-state index contributed by atoms with van der Waals surface area (Å²) in [6.45, 7) is 1.62. The highest BCUT2D eigenvalue weighted by molar-refractivity contribution is 5.84. The quantitative estimate of drug-likeness (QED) is 0.538. The molecule has 9 heavy (non-hydrogen) atoms. The van der Waals surface area contributed by atoms with Gasteiger partial charge in [-0.25, -0.2) is 0 Å². The van der Waals surface area contributed by atoms with Crippen LogP contribution in [-0.4, -0.2) is 18.1 Å². The molecule has 1 atom stereocenters. The molecule has 0 radical (unpaired) electrons. The van der Waals surface area contributed by atoms with Gasteiger partial charge in [0.1, 0.15) is 12.1 Å². The van der Waals surface area contributed by atoms with Crippen LogP contribution in [0.2, 0.25) is 0 Å². The van der Waals surface area contributed by atoms with Crippen molar-refractivity contribution in [1.29, 1.82) is 0 Å². The summed E-state index contributed by atoms with van der Waals surface area (Å²) in [7, 11) is 0. The summed E-state index contributed by atoms with van der Waals surface area (Å²) in [4.78, 5) is 20.4. The maximum absolute atomic E-state index is 10.6. The first-order valence-electron chi connectivity index (χ1n) is 2.90. The minimum Gasteiger partial charge on any atom is -0.322 e. The lowest BCUT2D eigenvalue weighted by molar-refractivity contribution is -0.121. The van der Waals surface area contributed by atoms with Gasteiger partial charge in [0.05, 0.1) is 6.04 Å². The predicted octanol–water partition coefficient (Wildman–Crippen LogP) is -0.118. The molecule has 0 aliphatic carbocycles. The average Bonchev–Trinajstić information content (AvgIpc) is 1.82. The lowest BCUT2D eigenvalue weighted by Gasteiger charge is -1.98. The largest absolute Gasteiger partial charge is 0.322 e. The Morgan fingerprint density at radius 3 is 2.67 bits per heavy atom. The third kappa shape index (κ3) is 3.85. The van der Waals surface area contributed by atoms with Gasteiger partial charge in [-0.05, 0) is 6.92 Å². The molecule has 0 rings (SSSR count). The van der Waals surface area contributed by atoms with Crippen molar-refractivity contribution >= 4 is 12.1 Å². The van der Waals surface area contributed by atoms with E-state index in [1.165, 1.54) is 0 Å². The van der Waals surface area contributed by atoms with Crippen molar-refractivity contribution in [1.82, 2.24) is 0 Å². The van der Waals surface area contributed by atoms with Crippen LogP contribution in [0.25, 0.3) is 0 Å². The van der Waals surface area contributed by atoms with Crippen LogP contribution in [0.3, 0.4) is 0 Å². The van der Waals surface area contributed by atoms with E-state index in [-0.39, 0.29) is 12.2 Å². The second-order valence-electron chi connectivity index (χ2n) is 1.96. The van der Waals surface area contributed by atoms with Crippen molar-refractivity contribution in [3.8, 4) is 0 Å². The number of hydrogen-bond donors (Lipinski definition) is 1. The first-order chi connectivity index (χ1) is 4.18. The standard InChI is InChI=1S/C6H11NO2/c1-5(7)6(9)3-2-4-8/h4-5H,2-3,7H2,1H3. The van der Waals surface area contributed by atoms with E-state index in [1.807, 2.05) is 0 Å². The molecule has 0 saturated heterocycles. The molecule has 52 valence electrons. The Hall–Kier alpha value is -0.700. The van der Waals surface area contributed by atoms with Crippen LogP contribution < -0.4 is 5.73 Å². The van der Waals surface area contributed by atoms with Crippen LogP contribution in [0.1, 0.15) is 19.8 Å². The predicted molar refractivity (Wildman–Crippen MR) is 34.0 cm³/mol. The van der Waals surface area contributed by atoms with Gasteiger partial charge >= 0.3 is 0 Å². The molecule has 0 bridgehead atoms. The number of Topliss-reactive ketones (excluding diaryl/α,β-unsaturated/α-hetero) is 1. The number of nitrogens with two attached hydrogens (primary N) is 1. The highest BCUT2D eigenvalue weighted by Gasteiger charge is 2.04. The topological polar surface area (TPSA) is 60.2 Å². The molecule has 0 saturated carbocycles. The summed E-state index contributed by atoms with van der Waals surface area (Å²) in [5.74, 6) is -0.0536. The number of aldehydes is 1. The van der Waals surface area contributed by atoms with Crippen LogP contribution >= 0.6 is 0 Å². The zero-order chi connectivity index (χ0) is 7.28. The second-order valence-corrected chi connectivity index (χ2v) is 1.96. The summed E-state index contributed by atoms with van der Waals surface area (Å²) in [6, 6.07) is -0.426. The molecule has 0 aromatic heterocycles. The van der Waals surface area contributed by atoms with Gasteiger partial charge in [-0.3, -0.25) is 4.79 Å². The number of ketones is 1. The molecule has 3 heteroatoms. The van der Waals surface area contributed by atoms with Gasteiger partial charge in [0.25, 0.3) is 0 Å². The highest BCUT2D eigenvalue weighted by atomic mass is 16.1. The fourth-order valence-corrected chi connectivity index (χ4v) is 0.429. The molecule has 0 heterocycles. The molecule has 0 aromatic carbocycles. The molecule has 0 fully saturated rings. The maximum Gasteiger partial charge on any atom is 0.149 e. The van der Waals surface area contributed by atoms with Gasteiger partial charge in [-0.15, -0.1) is 0 Å². The summed E-state index contributed by atoms with van der Waals surface area (Å²) in [6.07, 6.45) is 1.29. The van der Waals surface area contributed by atoms with Crippen LogP contribution in [0.15, 0.2) is 0 Å².